The summed E-state index contributed by atoms with van der Waals surface area (Å²) < 4.78 is 18.5. The number of rotatable bonds is 5. The maximum atomic E-state index is 6.03. The van der Waals surface area contributed by atoms with E-state index in [1.807, 2.05) is 53.2 Å². The number of nitrogens with zero attached hydrogens (tertiary/aromatic N) is 5. The molecule has 0 bridgehead atoms. The summed E-state index contributed by atoms with van der Waals surface area (Å²) >= 11 is 5.97. The van der Waals surface area contributed by atoms with Crippen LogP contribution in [0.1, 0.15) is 28.8 Å². The van der Waals surface area contributed by atoms with Gasteiger partial charge in [-0.25, -0.2) is 4.68 Å². The van der Waals surface area contributed by atoms with Gasteiger partial charge in [0.25, 0.3) is 0 Å². The number of hydrogen-bond donors (Lipinski definition) is 0. The van der Waals surface area contributed by atoms with Gasteiger partial charge in [0.15, 0.2) is 5.69 Å². The molecule has 30 heavy (non-hydrogen) atoms. The van der Waals surface area contributed by atoms with Gasteiger partial charge in [-0.3, -0.25) is 0 Å². The molecule has 2 aromatic carbocycles. The third-order valence-corrected chi connectivity index (χ3v) is 5.26. The van der Waals surface area contributed by atoms with E-state index in [0.29, 0.717) is 42.0 Å². The summed E-state index contributed by atoms with van der Waals surface area (Å²) in [7, 11) is 1.64. The highest BCUT2D eigenvalue weighted by Gasteiger charge is 2.27. The van der Waals surface area contributed by atoms with Crippen LogP contribution < -0.4 is 4.74 Å². The lowest BCUT2D eigenvalue weighted by atomic mass is 10.1. The molecule has 2 aromatic heterocycles. The molecule has 0 saturated heterocycles. The molecular formula is C21H18ClN5O3. The largest absolute Gasteiger partial charge is 0.497 e. The highest BCUT2D eigenvalue weighted by molar-refractivity contribution is 6.30. The van der Waals surface area contributed by atoms with Crippen LogP contribution in [0.5, 0.6) is 5.75 Å². The van der Waals surface area contributed by atoms with Crippen molar-refractivity contribution in [2.75, 3.05) is 7.11 Å². The molecule has 0 amide bonds. The number of aromatic nitrogens is 5. The van der Waals surface area contributed by atoms with Gasteiger partial charge in [-0.1, -0.05) is 46.2 Å². The average molecular weight is 424 g/mol. The number of ether oxygens (including phenoxy) is 2. The predicted octanol–water partition coefficient (Wildman–Crippen LogP) is 3.85. The summed E-state index contributed by atoms with van der Waals surface area (Å²) in [6.45, 7) is 0.911. The fourth-order valence-electron chi connectivity index (χ4n) is 3.44. The molecule has 1 unspecified atom stereocenters. The molecule has 1 aliphatic rings. The Morgan fingerprint density at radius 3 is 2.90 bits per heavy atom. The average Bonchev–Trinajstić information content (AvgIpc) is 3.40. The van der Waals surface area contributed by atoms with Gasteiger partial charge in [-0.05, 0) is 35.4 Å². The van der Waals surface area contributed by atoms with Crippen LogP contribution in [-0.2, 0) is 24.3 Å². The quantitative estimate of drug-likeness (QED) is 0.481. The SMILES string of the molecule is COc1cccc(Cc2nc(-c3nnn4c3COC(c3ccc(Cl)cc3)C4)no2)c1. The monoisotopic (exact) mass is 423 g/mol. The zero-order valence-corrected chi connectivity index (χ0v) is 16.9. The van der Waals surface area contributed by atoms with Crippen molar-refractivity contribution < 1.29 is 14.0 Å². The molecule has 8 nitrogen and oxygen atoms in total. The van der Waals surface area contributed by atoms with Gasteiger partial charge in [0.05, 0.1) is 32.4 Å². The Kier molecular flexibility index (Phi) is 4.94. The van der Waals surface area contributed by atoms with Gasteiger partial charge in [0.1, 0.15) is 11.9 Å². The van der Waals surface area contributed by atoms with Gasteiger partial charge in [-0.15, -0.1) is 5.10 Å². The molecule has 0 radical (unpaired) electrons. The van der Waals surface area contributed by atoms with Crippen molar-refractivity contribution in [3.63, 3.8) is 0 Å². The van der Waals surface area contributed by atoms with Gasteiger partial charge >= 0.3 is 0 Å². The predicted molar refractivity (Wildman–Crippen MR) is 108 cm³/mol. The Balaban J connectivity index is 1.34. The second-order valence-electron chi connectivity index (χ2n) is 6.96. The second-order valence-corrected chi connectivity index (χ2v) is 7.39. The minimum atomic E-state index is -0.113. The molecule has 0 N–H and O–H groups in total. The normalized spacial score (nSPS) is 15.7. The van der Waals surface area contributed by atoms with Crippen LogP contribution in [0.25, 0.3) is 11.5 Å². The lowest BCUT2D eigenvalue weighted by molar-refractivity contribution is -0.00111. The molecule has 3 heterocycles. The first-order chi connectivity index (χ1) is 14.7. The van der Waals surface area contributed by atoms with Crippen LogP contribution in [0.4, 0.5) is 0 Å². The van der Waals surface area contributed by atoms with Crippen molar-refractivity contribution in [1.82, 2.24) is 25.1 Å². The standard InChI is InChI=1S/C21H18ClN5O3/c1-28-16-4-2-3-13(9-16)10-19-23-21(25-30-19)20-17-12-29-18(11-27(17)26-24-20)14-5-7-15(22)8-6-14/h2-9,18H,10-12H2,1H3. The molecule has 0 fully saturated rings. The summed E-state index contributed by atoms with van der Waals surface area (Å²) in [5.74, 6) is 1.69. The van der Waals surface area contributed by atoms with E-state index in [4.69, 9.17) is 25.6 Å². The van der Waals surface area contributed by atoms with Crippen molar-refractivity contribution in [3.8, 4) is 17.3 Å². The van der Waals surface area contributed by atoms with E-state index in [1.165, 1.54) is 0 Å². The second kappa shape index (κ2) is 7.89. The van der Waals surface area contributed by atoms with Crippen LogP contribution in [0.2, 0.25) is 5.02 Å². The Bertz CT molecular complexity index is 1170. The van der Waals surface area contributed by atoms with Gasteiger partial charge in [0, 0.05) is 5.02 Å². The molecule has 152 valence electrons. The Hall–Kier alpha value is -3.23. The number of halogens is 1. The molecule has 5 rings (SSSR count). The summed E-state index contributed by atoms with van der Waals surface area (Å²) in [5.41, 5.74) is 3.46. The number of hydrogen-bond acceptors (Lipinski definition) is 7. The first-order valence-electron chi connectivity index (χ1n) is 9.45. The minimum absolute atomic E-state index is 0.113. The van der Waals surface area contributed by atoms with E-state index in [1.54, 1.807) is 7.11 Å². The Morgan fingerprint density at radius 1 is 1.20 bits per heavy atom. The Morgan fingerprint density at radius 2 is 2.07 bits per heavy atom. The van der Waals surface area contributed by atoms with Crippen LogP contribution in [-0.4, -0.2) is 32.2 Å². The lowest BCUT2D eigenvalue weighted by Crippen LogP contribution is -2.22. The maximum absolute atomic E-state index is 6.03. The van der Waals surface area contributed by atoms with Crippen LogP contribution >= 0.6 is 11.6 Å². The first kappa shape index (κ1) is 18.8. The molecule has 0 spiro atoms. The molecule has 0 saturated carbocycles. The maximum Gasteiger partial charge on any atom is 0.231 e. The van der Waals surface area contributed by atoms with Crippen molar-refractivity contribution in [3.05, 3.63) is 76.3 Å². The van der Waals surface area contributed by atoms with Crippen LogP contribution in [0, 0.1) is 0 Å². The van der Waals surface area contributed by atoms with E-state index in [0.717, 1.165) is 22.6 Å². The number of fused-ring (bicyclic) bond motifs is 1. The van der Waals surface area contributed by atoms with Gasteiger partial charge in [0.2, 0.25) is 11.7 Å². The molecule has 9 heteroatoms. The number of benzene rings is 2. The zero-order chi connectivity index (χ0) is 20.5. The fraction of sp³-hybridized carbons (Fsp3) is 0.238. The van der Waals surface area contributed by atoms with Crippen molar-refractivity contribution >= 4 is 11.6 Å². The Labute approximate surface area is 177 Å². The minimum Gasteiger partial charge on any atom is -0.497 e. The van der Waals surface area contributed by atoms with Crippen LogP contribution in [0.3, 0.4) is 0 Å². The highest BCUT2D eigenvalue weighted by Crippen LogP contribution is 2.30. The fourth-order valence-corrected chi connectivity index (χ4v) is 3.57. The number of methoxy groups -OCH3 is 1. The van der Waals surface area contributed by atoms with Crippen molar-refractivity contribution in [1.29, 1.82) is 0 Å². The van der Waals surface area contributed by atoms with E-state index >= 15 is 0 Å². The summed E-state index contributed by atoms with van der Waals surface area (Å²) in [6.07, 6.45) is 0.390. The van der Waals surface area contributed by atoms with E-state index in [9.17, 15) is 0 Å². The summed E-state index contributed by atoms with van der Waals surface area (Å²) in [4.78, 5) is 4.49. The van der Waals surface area contributed by atoms with E-state index in [2.05, 4.69) is 20.5 Å². The smallest absolute Gasteiger partial charge is 0.231 e. The summed E-state index contributed by atoms with van der Waals surface area (Å²) in [5, 5.41) is 13.3. The molecule has 4 aromatic rings. The molecule has 1 aliphatic heterocycles. The first-order valence-corrected chi connectivity index (χ1v) is 9.82. The van der Waals surface area contributed by atoms with Crippen molar-refractivity contribution in [2.24, 2.45) is 0 Å². The van der Waals surface area contributed by atoms with Crippen LogP contribution in [0.15, 0.2) is 53.1 Å². The molecular weight excluding hydrogens is 406 g/mol. The topological polar surface area (TPSA) is 88.1 Å². The lowest BCUT2D eigenvalue weighted by Gasteiger charge is -2.24. The third-order valence-electron chi connectivity index (χ3n) is 5.01. The molecule has 1 atom stereocenters. The molecule has 0 aliphatic carbocycles. The van der Waals surface area contributed by atoms with Gasteiger partial charge in [-0.2, -0.15) is 4.98 Å². The summed E-state index contributed by atoms with van der Waals surface area (Å²) in [6, 6.07) is 15.4. The third kappa shape index (κ3) is 3.67. The highest BCUT2D eigenvalue weighted by atomic mass is 35.5. The van der Waals surface area contributed by atoms with E-state index in [-0.39, 0.29) is 6.10 Å². The van der Waals surface area contributed by atoms with E-state index < -0.39 is 0 Å². The van der Waals surface area contributed by atoms with Crippen molar-refractivity contribution in [2.45, 2.75) is 25.7 Å². The zero-order valence-electron chi connectivity index (χ0n) is 16.2. The van der Waals surface area contributed by atoms with Gasteiger partial charge < -0.3 is 14.0 Å².